The molecular weight excluding hydrogens is 667 g/mol. The fourth-order valence-corrected chi connectivity index (χ4v) is 5.17. The molecule has 0 bridgehead atoms. The lowest BCUT2D eigenvalue weighted by molar-refractivity contribution is -0.147. The minimum atomic E-state index is -4.69. The predicted molar refractivity (Wildman–Crippen MR) is 209 cm³/mol. The van der Waals surface area contributed by atoms with E-state index >= 15 is 0 Å². The number of phosphoric ester groups is 1. The summed E-state index contributed by atoms with van der Waals surface area (Å²) in [7, 11) is -4.69. The zero-order valence-corrected chi connectivity index (χ0v) is 32.3. The Bertz CT molecular complexity index is 1070. The van der Waals surface area contributed by atoms with E-state index in [1.165, 1.54) is 70.5 Å². The summed E-state index contributed by atoms with van der Waals surface area (Å²) in [6, 6.07) is 0. The van der Waals surface area contributed by atoms with Crippen molar-refractivity contribution in [1.82, 2.24) is 0 Å². The number of rotatable bonds is 34. The van der Waals surface area contributed by atoms with Crippen molar-refractivity contribution in [3.63, 3.8) is 0 Å². The van der Waals surface area contributed by atoms with Crippen LogP contribution < -0.4 is 0 Å². The summed E-state index contributed by atoms with van der Waals surface area (Å²) in [5, 5.41) is 19.9. The smallest absolute Gasteiger partial charge is 0.469 e. The van der Waals surface area contributed by atoms with Crippen molar-refractivity contribution in [2.24, 2.45) is 0 Å². The molecule has 0 aromatic heterocycles. The molecule has 10 heteroatoms. The van der Waals surface area contributed by atoms with E-state index in [2.05, 4.69) is 18.4 Å². The van der Waals surface area contributed by atoms with Crippen molar-refractivity contribution < 1.29 is 43.4 Å². The van der Waals surface area contributed by atoms with Crippen molar-refractivity contribution in [1.29, 1.82) is 0 Å². The third-order valence-electron chi connectivity index (χ3n) is 7.72. The molecule has 0 saturated heterocycles. The van der Waals surface area contributed by atoms with E-state index in [0.717, 1.165) is 32.1 Å². The number of unbranched alkanes of at least 4 members (excludes halogenated alkanes) is 13. The minimum absolute atomic E-state index is 0.150. The van der Waals surface area contributed by atoms with Gasteiger partial charge >= 0.3 is 13.8 Å². The number of allylic oxidation sites excluding steroid dienone is 9. The van der Waals surface area contributed by atoms with Crippen molar-refractivity contribution >= 4 is 13.8 Å². The zero-order valence-electron chi connectivity index (χ0n) is 31.4. The molecule has 0 aliphatic rings. The number of phosphoric acid groups is 1. The maximum absolute atomic E-state index is 12.2. The molecule has 0 heterocycles. The second-order valence-electron chi connectivity index (χ2n) is 12.6. The molecule has 51 heavy (non-hydrogen) atoms. The average Bonchev–Trinajstić information content (AvgIpc) is 3.09. The highest BCUT2D eigenvalue weighted by Gasteiger charge is 2.20. The van der Waals surface area contributed by atoms with Crippen LogP contribution in [0, 0.1) is 0 Å². The lowest BCUT2D eigenvalue weighted by Crippen LogP contribution is -2.25. The second-order valence-corrected chi connectivity index (χ2v) is 13.9. The van der Waals surface area contributed by atoms with Gasteiger partial charge in [0.25, 0.3) is 0 Å². The van der Waals surface area contributed by atoms with Crippen LogP contribution in [0.2, 0.25) is 0 Å². The number of carbonyl (C=O) groups excluding carboxylic acids is 1. The van der Waals surface area contributed by atoms with Crippen LogP contribution >= 0.6 is 7.82 Å². The number of carbonyl (C=O) groups is 1. The standard InChI is InChI=1S/C41H69O9P/c1-3-5-7-8-9-10-11-12-13-14-15-19-22-29-35-48-40(37-50-51(45,46)47)36-49-41(44)34-28-23-27-33-39(43)32-26-21-18-16-17-20-25-31-38(42)30-24-6-4-2/h6,17-18,20-21,24-27,29,31-33,35,38-40,42-43H,3-5,7-16,19,22-23,28,30,34,36-37H2,1-2H3,(H2,45,46,47)/b20-17-,21-18-,24-6-,31-25+,32-26+,33-27-,35-29+/t38-,39-,40-/m1/s1. The number of ether oxygens (including phenoxy) is 2. The molecular formula is C41H69O9P. The largest absolute Gasteiger partial charge is 0.492 e. The molecule has 0 saturated carbocycles. The third-order valence-corrected chi connectivity index (χ3v) is 8.21. The van der Waals surface area contributed by atoms with Gasteiger partial charge in [0.1, 0.15) is 6.61 Å². The number of aliphatic hydroxyl groups is 2. The fraction of sp³-hybridized carbons (Fsp3) is 0.634. The van der Waals surface area contributed by atoms with Crippen molar-refractivity contribution in [3.05, 3.63) is 85.3 Å². The van der Waals surface area contributed by atoms with Crippen LogP contribution in [0.1, 0.15) is 136 Å². The van der Waals surface area contributed by atoms with Crippen molar-refractivity contribution in [3.8, 4) is 0 Å². The van der Waals surface area contributed by atoms with E-state index in [4.69, 9.17) is 19.3 Å². The highest BCUT2D eigenvalue weighted by molar-refractivity contribution is 7.46. The lowest BCUT2D eigenvalue weighted by Gasteiger charge is -2.17. The van der Waals surface area contributed by atoms with E-state index in [-0.39, 0.29) is 13.0 Å². The molecule has 0 fully saturated rings. The van der Waals surface area contributed by atoms with Gasteiger partial charge in [-0.2, -0.15) is 0 Å². The maximum Gasteiger partial charge on any atom is 0.469 e. The molecule has 0 amide bonds. The SMILES string of the molecule is CC/C=C\C[C@@H](O)/C=C/C=C\C/C=C\C=C\[C@@H](O)/C=C\CCCC(=O)OC[C@H](COP(=O)(O)O)O/C=C/CCCCCCCCCCCCCC. The molecule has 0 unspecified atom stereocenters. The third kappa shape index (κ3) is 38.5. The summed E-state index contributed by atoms with van der Waals surface area (Å²) >= 11 is 0. The molecule has 0 radical (unpaired) electrons. The summed E-state index contributed by atoms with van der Waals surface area (Å²) in [6.45, 7) is 3.69. The Kier molecular flexibility index (Phi) is 34.1. The van der Waals surface area contributed by atoms with Crippen LogP contribution in [-0.4, -0.2) is 57.5 Å². The van der Waals surface area contributed by atoms with Crippen LogP contribution in [0.3, 0.4) is 0 Å². The summed E-state index contributed by atoms with van der Waals surface area (Å²) in [5.74, 6) is -0.455. The van der Waals surface area contributed by atoms with Crippen LogP contribution in [0.4, 0.5) is 0 Å². The number of aliphatic hydroxyl groups excluding tert-OH is 2. The quantitative estimate of drug-likeness (QED) is 0.0127. The van der Waals surface area contributed by atoms with Crippen LogP contribution in [-0.2, 0) is 23.4 Å². The monoisotopic (exact) mass is 736 g/mol. The topological polar surface area (TPSA) is 143 Å². The molecule has 0 aliphatic heterocycles. The molecule has 0 aromatic rings. The Morgan fingerprint density at radius 1 is 0.667 bits per heavy atom. The minimum Gasteiger partial charge on any atom is -0.492 e. The average molecular weight is 737 g/mol. The van der Waals surface area contributed by atoms with Gasteiger partial charge in [-0.05, 0) is 51.0 Å². The normalized spacial score (nSPS) is 14.8. The summed E-state index contributed by atoms with van der Waals surface area (Å²) < 4.78 is 26.6. The van der Waals surface area contributed by atoms with Gasteiger partial charge in [0.15, 0.2) is 6.10 Å². The molecule has 0 rings (SSSR count). The number of hydrogen-bond donors (Lipinski definition) is 4. The van der Waals surface area contributed by atoms with Crippen LogP contribution in [0.15, 0.2) is 85.3 Å². The fourth-order valence-electron chi connectivity index (χ4n) is 4.81. The van der Waals surface area contributed by atoms with Gasteiger partial charge in [0.05, 0.1) is 25.1 Å². The highest BCUT2D eigenvalue weighted by atomic mass is 31.2. The molecule has 0 aromatic carbocycles. The maximum atomic E-state index is 12.2. The number of hydrogen-bond acceptors (Lipinski definition) is 7. The van der Waals surface area contributed by atoms with Crippen LogP contribution in [0.5, 0.6) is 0 Å². The first-order valence-corrected chi connectivity index (χ1v) is 20.7. The molecule has 0 aliphatic carbocycles. The Balaban J connectivity index is 4.19. The van der Waals surface area contributed by atoms with E-state index in [1.807, 2.05) is 48.6 Å². The predicted octanol–water partition coefficient (Wildman–Crippen LogP) is 10.0. The van der Waals surface area contributed by atoms with E-state index in [9.17, 15) is 19.6 Å². The summed E-state index contributed by atoms with van der Waals surface area (Å²) in [5.41, 5.74) is 0. The highest BCUT2D eigenvalue weighted by Crippen LogP contribution is 2.35. The van der Waals surface area contributed by atoms with E-state index in [0.29, 0.717) is 19.3 Å². The Morgan fingerprint density at radius 2 is 1.27 bits per heavy atom. The van der Waals surface area contributed by atoms with Crippen molar-refractivity contribution in [2.75, 3.05) is 13.2 Å². The number of esters is 1. The molecule has 292 valence electrons. The Hall–Kier alpha value is -2.52. The molecule has 0 spiro atoms. The van der Waals surface area contributed by atoms with E-state index in [1.54, 1.807) is 30.4 Å². The van der Waals surface area contributed by atoms with Gasteiger partial charge in [0.2, 0.25) is 0 Å². The van der Waals surface area contributed by atoms with Gasteiger partial charge < -0.3 is 29.5 Å². The van der Waals surface area contributed by atoms with Crippen LogP contribution in [0.25, 0.3) is 0 Å². The first-order valence-electron chi connectivity index (χ1n) is 19.2. The summed E-state index contributed by atoms with van der Waals surface area (Å²) in [6.07, 6.45) is 43.1. The van der Waals surface area contributed by atoms with Crippen molar-refractivity contribution in [2.45, 2.75) is 154 Å². The summed E-state index contributed by atoms with van der Waals surface area (Å²) in [4.78, 5) is 30.3. The molecule has 9 nitrogen and oxygen atoms in total. The first kappa shape index (κ1) is 48.5. The van der Waals surface area contributed by atoms with Gasteiger partial charge in [-0.1, -0.05) is 157 Å². The lowest BCUT2D eigenvalue weighted by atomic mass is 10.0. The van der Waals surface area contributed by atoms with Gasteiger partial charge in [-0.3, -0.25) is 9.32 Å². The Labute approximate surface area is 309 Å². The first-order chi connectivity index (χ1) is 24.7. The van der Waals surface area contributed by atoms with Gasteiger partial charge in [-0.25, -0.2) is 4.57 Å². The molecule has 4 N–H and O–H groups in total. The second kappa shape index (κ2) is 35.9. The zero-order chi connectivity index (χ0) is 37.7. The van der Waals surface area contributed by atoms with E-state index < -0.39 is 38.7 Å². The van der Waals surface area contributed by atoms with Gasteiger partial charge in [-0.15, -0.1) is 0 Å². The molecule has 3 atom stereocenters. The van der Waals surface area contributed by atoms with Gasteiger partial charge in [0, 0.05) is 6.42 Å². The Morgan fingerprint density at radius 3 is 1.90 bits per heavy atom.